The maximum absolute atomic E-state index is 13.4. The van der Waals surface area contributed by atoms with E-state index in [1.165, 1.54) is 36.1 Å². The average Bonchev–Trinajstić information content (AvgIpc) is 3.13. The van der Waals surface area contributed by atoms with Crippen molar-refractivity contribution in [2.45, 2.75) is 27.3 Å². The zero-order valence-corrected chi connectivity index (χ0v) is 18.9. The second kappa shape index (κ2) is 7.49. The molecule has 3 aromatic rings. The first kappa shape index (κ1) is 21.6. The number of amides is 1. The number of nitrogens with zero attached hydrogens (tertiary/aromatic N) is 3. The van der Waals surface area contributed by atoms with E-state index < -0.39 is 27.5 Å². The molecule has 0 bridgehead atoms. The van der Waals surface area contributed by atoms with Crippen LogP contribution in [-0.2, 0) is 16.8 Å². The van der Waals surface area contributed by atoms with E-state index in [-0.39, 0.29) is 28.1 Å². The Morgan fingerprint density at radius 1 is 1.06 bits per heavy atom. The van der Waals surface area contributed by atoms with E-state index in [0.717, 1.165) is 8.61 Å². The number of rotatable bonds is 4. The molecule has 0 spiro atoms. The number of benzene rings is 2. The minimum Gasteiger partial charge on any atom is -0.302 e. The van der Waals surface area contributed by atoms with Crippen molar-refractivity contribution in [3.05, 3.63) is 80.8 Å². The van der Waals surface area contributed by atoms with Crippen LogP contribution in [0.2, 0.25) is 0 Å². The van der Waals surface area contributed by atoms with E-state index in [1.54, 1.807) is 39.0 Å². The standard InChI is InChI=1S/C22H22N4O5S/c1-5-25-21(28)17(12-23-25)20(27)15-9-10-18-16(11-15)22(29)26(32(30,31)24(18)4)19-13(2)7-6-8-14(19)3/h6-12,23H,5H2,1-4H3. The largest absolute Gasteiger partial charge is 0.333 e. The SMILES string of the molecule is CCn1[nH]cc(C(=O)c2ccc3c(c2)C(=O)N(c2c(C)cccc2C)S(=O)(=O)N3C)c1=O. The third kappa shape index (κ3) is 3.06. The summed E-state index contributed by atoms with van der Waals surface area (Å²) in [6.07, 6.45) is 1.33. The average molecular weight is 455 g/mol. The maximum Gasteiger partial charge on any atom is 0.333 e. The van der Waals surface area contributed by atoms with Gasteiger partial charge in [-0.3, -0.25) is 23.4 Å². The van der Waals surface area contributed by atoms with Crippen molar-refractivity contribution in [1.82, 2.24) is 9.78 Å². The predicted molar refractivity (Wildman–Crippen MR) is 121 cm³/mol. The lowest BCUT2D eigenvalue weighted by Crippen LogP contribution is -2.50. The summed E-state index contributed by atoms with van der Waals surface area (Å²) in [5.41, 5.74) is 1.35. The van der Waals surface area contributed by atoms with Crippen molar-refractivity contribution in [3.63, 3.8) is 0 Å². The molecule has 0 fully saturated rings. The number of nitrogens with one attached hydrogen (secondary N) is 1. The number of aromatic nitrogens is 2. The van der Waals surface area contributed by atoms with E-state index in [1.807, 2.05) is 0 Å². The molecule has 0 saturated carbocycles. The number of anilines is 2. The van der Waals surface area contributed by atoms with Crippen molar-refractivity contribution in [1.29, 1.82) is 0 Å². The van der Waals surface area contributed by atoms with Crippen LogP contribution in [0.15, 0.2) is 47.4 Å². The van der Waals surface area contributed by atoms with Crippen LogP contribution < -0.4 is 14.2 Å². The van der Waals surface area contributed by atoms with Crippen LogP contribution in [0.1, 0.15) is 44.3 Å². The normalized spacial score (nSPS) is 15.1. The van der Waals surface area contributed by atoms with Crippen molar-refractivity contribution in [3.8, 4) is 0 Å². The maximum atomic E-state index is 13.4. The Labute approximate surface area is 185 Å². The topological polar surface area (TPSA) is 113 Å². The zero-order chi connectivity index (χ0) is 23.4. The molecular formula is C22H22N4O5S. The van der Waals surface area contributed by atoms with E-state index in [0.29, 0.717) is 17.7 Å². The van der Waals surface area contributed by atoms with Crippen LogP contribution >= 0.6 is 0 Å². The number of para-hydroxylation sites is 1. The summed E-state index contributed by atoms with van der Waals surface area (Å²) in [5, 5.41) is 2.72. The fraction of sp³-hybridized carbons (Fsp3) is 0.227. The first-order valence-electron chi connectivity index (χ1n) is 9.96. The van der Waals surface area contributed by atoms with Crippen LogP contribution in [-0.4, -0.2) is 36.9 Å². The first-order chi connectivity index (χ1) is 15.1. The van der Waals surface area contributed by atoms with Gasteiger partial charge >= 0.3 is 10.2 Å². The molecule has 4 rings (SSSR count). The summed E-state index contributed by atoms with van der Waals surface area (Å²) >= 11 is 0. The summed E-state index contributed by atoms with van der Waals surface area (Å²) in [6, 6.07) is 9.40. The summed E-state index contributed by atoms with van der Waals surface area (Å²) in [6.45, 7) is 5.60. The van der Waals surface area contributed by atoms with Gasteiger partial charge in [0.1, 0.15) is 5.56 Å². The highest BCUT2D eigenvalue weighted by Gasteiger charge is 2.42. The van der Waals surface area contributed by atoms with Gasteiger partial charge in [-0.15, -0.1) is 0 Å². The minimum absolute atomic E-state index is 0.0531. The minimum atomic E-state index is -4.18. The molecule has 1 N–H and O–H groups in total. The van der Waals surface area contributed by atoms with Gasteiger partial charge < -0.3 is 5.10 Å². The number of fused-ring (bicyclic) bond motifs is 1. The number of ketones is 1. The molecule has 1 amide bonds. The lowest BCUT2D eigenvalue weighted by molar-refractivity contribution is 0.100. The van der Waals surface area contributed by atoms with Crippen molar-refractivity contribution in [2.75, 3.05) is 15.7 Å². The number of aryl methyl sites for hydroxylation is 3. The summed E-state index contributed by atoms with van der Waals surface area (Å²) < 4.78 is 29.5. The monoisotopic (exact) mass is 454 g/mol. The Kier molecular flexibility index (Phi) is 5.04. The van der Waals surface area contributed by atoms with Crippen molar-refractivity contribution < 1.29 is 18.0 Å². The van der Waals surface area contributed by atoms with Gasteiger partial charge in [-0.25, -0.2) is 0 Å². The van der Waals surface area contributed by atoms with E-state index >= 15 is 0 Å². The third-order valence-electron chi connectivity index (χ3n) is 5.63. The predicted octanol–water partition coefficient (Wildman–Crippen LogP) is 2.39. The number of hydrogen-bond donors (Lipinski definition) is 1. The van der Waals surface area contributed by atoms with E-state index in [4.69, 9.17) is 0 Å². The molecular weight excluding hydrogens is 432 g/mol. The summed E-state index contributed by atoms with van der Waals surface area (Å²) in [5.74, 6) is -1.31. The van der Waals surface area contributed by atoms with E-state index in [9.17, 15) is 22.8 Å². The van der Waals surface area contributed by atoms with Crippen LogP contribution in [0.3, 0.4) is 0 Å². The summed E-state index contributed by atoms with van der Waals surface area (Å²) in [4.78, 5) is 38.8. The molecule has 32 heavy (non-hydrogen) atoms. The quantitative estimate of drug-likeness (QED) is 0.608. The number of carbonyl (C=O) groups excluding carboxylic acids is 2. The van der Waals surface area contributed by atoms with Gasteiger partial charge in [0.25, 0.3) is 11.5 Å². The molecule has 0 unspecified atom stereocenters. The second-order valence-electron chi connectivity index (χ2n) is 7.58. The molecule has 1 aromatic heterocycles. The third-order valence-corrected chi connectivity index (χ3v) is 7.33. The van der Waals surface area contributed by atoms with E-state index in [2.05, 4.69) is 5.10 Å². The van der Waals surface area contributed by atoms with Crippen LogP contribution in [0.5, 0.6) is 0 Å². The van der Waals surface area contributed by atoms with Crippen LogP contribution in [0.4, 0.5) is 11.4 Å². The lowest BCUT2D eigenvalue weighted by atomic mass is 10.0. The fourth-order valence-corrected chi connectivity index (χ4v) is 5.37. The highest BCUT2D eigenvalue weighted by Crippen LogP contribution is 2.37. The number of hydrogen-bond acceptors (Lipinski definition) is 5. The number of aromatic amines is 1. The number of H-pyrrole nitrogens is 1. The van der Waals surface area contributed by atoms with Gasteiger partial charge in [0, 0.05) is 25.4 Å². The van der Waals surface area contributed by atoms with Gasteiger partial charge in [-0.05, 0) is 50.1 Å². The van der Waals surface area contributed by atoms with Crippen LogP contribution in [0, 0.1) is 13.8 Å². The Bertz CT molecular complexity index is 1410. The Balaban J connectivity index is 1.87. The smallest absolute Gasteiger partial charge is 0.302 e. The van der Waals surface area contributed by atoms with Crippen LogP contribution in [0.25, 0.3) is 0 Å². The van der Waals surface area contributed by atoms with Gasteiger partial charge in [-0.1, -0.05) is 18.2 Å². The molecule has 10 heteroatoms. The Morgan fingerprint density at radius 2 is 1.72 bits per heavy atom. The molecule has 2 heterocycles. The molecule has 2 aromatic carbocycles. The molecule has 0 atom stereocenters. The first-order valence-corrected chi connectivity index (χ1v) is 11.4. The number of carbonyl (C=O) groups is 2. The molecule has 166 valence electrons. The molecule has 1 aliphatic heterocycles. The van der Waals surface area contributed by atoms with Gasteiger partial charge in [0.05, 0.1) is 16.9 Å². The highest BCUT2D eigenvalue weighted by atomic mass is 32.2. The Hall–Kier alpha value is -3.66. The van der Waals surface area contributed by atoms with Crippen molar-refractivity contribution in [2.24, 2.45) is 0 Å². The Morgan fingerprint density at radius 3 is 2.31 bits per heavy atom. The van der Waals surface area contributed by atoms with Crippen molar-refractivity contribution >= 4 is 33.3 Å². The molecule has 0 saturated heterocycles. The second-order valence-corrected chi connectivity index (χ2v) is 9.39. The lowest BCUT2D eigenvalue weighted by Gasteiger charge is -2.36. The van der Waals surface area contributed by atoms with Gasteiger partial charge in [0.15, 0.2) is 5.78 Å². The van der Waals surface area contributed by atoms with Gasteiger partial charge in [0.2, 0.25) is 0 Å². The molecule has 1 aliphatic rings. The molecule has 0 aliphatic carbocycles. The molecule has 9 nitrogen and oxygen atoms in total. The summed E-state index contributed by atoms with van der Waals surface area (Å²) in [7, 11) is -2.83. The molecule has 0 radical (unpaired) electrons. The fourth-order valence-electron chi connectivity index (χ4n) is 3.89. The zero-order valence-electron chi connectivity index (χ0n) is 18.0. The highest BCUT2D eigenvalue weighted by molar-refractivity contribution is 7.95. The van der Waals surface area contributed by atoms with Gasteiger partial charge in [-0.2, -0.15) is 12.7 Å².